The molecular weight excluding hydrogens is 280 g/mol. The maximum Gasteiger partial charge on any atom is 0.335 e. The minimum atomic E-state index is -0.922. The van der Waals surface area contributed by atoms with E-state index in [4.69, 9.17) is 10.8 Å². The minimum absolute atomic E-state index is 0.278. The molecule has 0 amide bonds. The van der Waals surface area contributed by atoms with Gasteiger partial charge in [-0.3, -0.25) is 0 Å². The van der Waals surface area contributed by atoms with E-state index >= 15 is 0 Å². The van der Waals surface area contributed by atoms with Gasteiger partial charge in [0, 0.05) is 6.54 Å². The quantitative estimate of drug-likeness (QED) is 0.401. The third-order valence-corrected chi connectivity index (χ3v) is 3.79. The number of rotatable bonds is 7. The molecule has 0 atom stereocenters. The average Bonchev–Trinajstić information content (AvgIpc) is 3.03. The first-order valence-electron chi connectivity index (χ1n) is 7.73. The normalized spacial score (nSPS) is 15.9. The molecule has 4 N–H and O–H groups in total. The molecule has 1 fully saturated rings. The second-order valence-electron chi connectivity index (χ2n) is 5.53. The molecule has 120 valence electrons. The van der Waals surface area contributed by atoms with E-state index in [0.29, 0.717) is 12.5 Å². The van der Waals surface area contributed by atoms with Crippen molar-refractivity contribution in [3.05, 3.63) is 35.4 Å². The van der Waals surface area contributed by atoms with Crippen LogP contribution in [-0.4, -0.2) is 48.1 Å². The van der Waals surface area contributed by atoms with Crippen molar-refractivity contribution in [3.63, 3.8) is 0 Å². The van der Waals surface area contributed by atoms with Crippen LogP contribution in [0.5, 0.6) is 0 Å². The number of carboxylic acid groups (broad SMARTS) is 1. The Kier molecular flexibility index (Phi) is 6.21. The second-order valence-corrected chi connectivity index (χ2v) is 5.53. The molecule has 1 aromatic carbocycles. The van der Waals surface area contributed by atoms with E-state index in [0.717, 1.165) is 25.1 Å². The Balaban J connectivity index is 1.66. The summed E-state index contributed by atoms with van der Waals surface area (Å²) < 4.78 is 0. The van der Waals surface area contributed by atoms with E-state index in [1.165, 1.54) is 25.9 Å². The molecular formula is C16H24N4O2. The third-order valence-electron chi connectivity index (χ3n) is 3.79. The van der Waals surface area contributed by atoms with Gasteiger partial charge in [-0.25, -0.2) is 9.79 Å². The number of nitrogens with two attached hydrogens (primary N) is 1. The second kappa shape index (κ2) is 8.38. The number of nitrogens with one attached hydrogen (secondary N) is 1. The van der Waals surface area contributed by atoms with E-state index in [1.54, 1.807) is 24.3 Å². The van der Waals surface area contributed by atoms with Gasteiger partial charge < -0.3 is 21.1 Å². The van der Waals surface area contributed by atoms with Crippen LogP contribution in [0.2, 0.25) is 0 Å². The van der Waals surface area contributed by atoms with Gasteiger partial charge in [0.1, 0.15) is 0 Å². The Labute approximate surface area is 131 Å². The first kappa shape index (κ1) is 16.3. The van der Waals surface area contributed by atoms with Crippen LogP contribution in [0.1, 0.15) is 35.2 Å². The molecule has 1 aromatic rings. The molecule has 0 aliphatic carbocycles. The molecule has 6 nitrogen and oxygen atoms in total. The van der Waals surface area contributed by atoms with Crippen LogP contribution in [-0.2, 0) is 6.54 Å². The summed E-state index contributed by atoms with van der Waals surface area (Å²) in [4.78, 5) is 17.5. The lowest BCUT2D eigenvalue weighted by Crippen LogP contribution is -2.34. The van der Waals surface area contributed by atoms with Gasteiger partial charge >= 0.3 is 5.97 Å². The highest BCUT2D eigenvalue weighted by molar-refractivity contribution is 5.87. The number of likely N-dealkylation sites (tertiary alicyclic amines) is 1. The lowest BCUT2D eigenvalue weighted by Gasteiger charge is -2.14. The van der Waals surface area contributed by atoms with E-state index in [-0.39, 0.29) is 5.56 Å². The highest BCUT2D eigenvalue weighted by Crippen LogP contribution is 2.07. The molecule has 0 bridgehead atoms. The van der Waals surface area contributed by atoms with Gasteiger partial charge in [-0.05, 0) is 56.6 Å². The molecule has 0 aromatic heterocycles. The number of nitrogens with zero attached hydrogens (tertiary/aromatic N) is 2. The predicted molar refractivity (Wildman–Crippen MR) is 87.0 cm³/mol. The van der Waals surface area contributed by atoms with Crippen molar-refractivity contribution in [2.45, 2.75) is 25.8 Å². The Hall–Kier alpha value is -2.08. The zero-order valence-electron chi connectivity index (χ0n) is 12.8. The largest absolute Gasteiger partial charge is 0.478 e. The molecule has 0 spiro atoms. The van der Waals surface area contributed by atoms with E-state index in [1.807, 2.05) is 0 Å². The van der Waals surface area contributed by atoms with Gasteiger partial charge in [0.2, 0.25) is 0 Å². The Morgan fingerprint density at radius 3 is 2.59 bits per heavy atom. The molecule has 22 heavy (non-hydrogen) atoms. The molecule has 1 aliphatic rings. The number of aromatic carboxylic acids is 1. The fourth-order valence-corrected chi connectivity index (χ4v) is 2.51. The van der Waals surface area contributed by atoms with Crippen LogP contribution in [0.4, 0.5) is 0 Å². The van der Waals surface area contributed by atoms with Gasteiger partial charge in [-0.2, -0.15) is 0 Å². The van der Waals surface area contributed by atoms with Crippen molar-refractivity contribution in [2.24, 2.45) is 10.7 Å². The zero-order chi connectivity index (χ0) is 15.8. The Morgan fingerprint density at radius 1 is 1.27 bits per heavy atom. The molecule has 0 unspecified atom stereocenters. The Morgan fingerprint density at radius 2 is 1.95 bits per heavy atom. The topological polar surface area (TPSA) is 90.9 Å². The molecule has 6 heteroatoms. The number of carboxylic acids is 1. The van der Waals surface area contributed by atoms with Crippen LogP contribution in [0, 0.1) is 0 Å². The fourth-order valence-electron chi connectivity index (χ4n) is 2.51. The first-order chi connectivity index (χ1) is 10.6. The molecule has 2 rings (SSSR count). The molecule has 1 saturated heterocycles. The fraction of sp³-hybridized carbons (Fsp3) is 0.500. The summed E-state index contributed by atoms with van der Waals surface area (Å²) in [5.41, 5.74) is 7.04. The van der Waals surface area contributed by atoms with Crippen molar-refractivity contribution in [2.75, 3.05) is 26.2 Å². The summed E-state index contributed by atoms with van der Waals surface area (Å²) >= 11 is 0. The lowest BCUT2D eigenvalue weighted by atomic mass is 10.1. The maximum absolute atomic E-state index is 10.8. The van der Waals surface area contributed by atoms with Crippen molar-refractivity contribution in [3.8, 4) is 0 Å². The van der Waals surface area contributed by atoms with Crippen LogP contribution in [0.25, 0.3) is 0 Å². The summed E-state index contributed by atoms with van der Waals surface area (Å²) in [6.45, 7) is 4.82. The average molecular weight is 304 g/mol. The summed E-state index contributed by atoms with van der Waals surface area (Å²) in [5.74, 6) is -0.488. The van der Waals surface area contributed by atoms with E-state index in [9.17, 15) is 4.79 Å². The zero-order valence-corrected chi connectivity index (χ0v) is 12.8. The van der Waals surface area contributed by atoms with Crippen LogP contribution >= 0.6 is 0 Å². The molecule has 0 saturated carbocycles. The van der Waals surface area contributed by atoms with Gasteiger partial charge in [0.05, 0.1) is 12.1 Å². The highest BCUT2D eigenvalue weighted by Gasteiger charge is 2.09. The van der Waals surface area contributed by atoms with Crippen molar-refractivity contribution < 1.29 is 9.90 Å². The number of hydrogen-bond donors (Lipinski definition) is 3. The number of benzene rings is 1. The summed E-state index contributed by atoms with van der Waals surface area (Å²) in [6, 6.07) is 6.67. The van der Waals surface area contributed by atoms with Gasteiger partial charge in [-0.1, -0.05) is 12.1 Å². The predicted octanol–water partition coefficient (Wildman–Crippen LogP) is 1.27. The molecule has 0 radical (unpaired) electrons. The SMILES string of the molecule is NC(=NCc1ccc(C(=O)O)cc1)NCCCN1CCCC1. The van der Waals surface area contributed by atoms with Gasteiger partial charge in [0.15, 0.2) is 5.96 Å². The van der Waals surface area contributed by atoms with Gasteiger partial charge in [-0.15, -0.1) is 0 Å². The number of hydrogen-bond acceptors (Lipinski definition) is 3. The van der Waals surface area contributed by atoms with Crippen molar-refractivity contribution >= 4 is 11.9 Å². The number of aliphatic imine (C=N–C) groups is 1. The lowest BCUT2D eigenvalue weighted by molar-refractivity contribution is 0.0697. The first-order valence-corrected chi connectivity index (χ1v) is 7.73. The summed E-state index contributed by atoms with van der Waals surface area (Å²) in [7, 11) is 0. The number of guanidine groups is 1. The Bertz CT molecular complexity index is 507. The van der Waals surface area contributed by atoms with E-state index in [2.05, 4.69) is 15.2 Å². The smallest absolute Gasteiger partial charge is 0.335 e. The monoisotopic (exact) mass is 304 g/mol. The summed E-state index contributed by atoms with van der Waals surface area (Å²) in [5, 5.41) is 11.9. The van der Waals surface area contributed by atoms with Crippen LogP contribution in [0.15, 0.2) is 29.3 Å². The molecule has 1 heterocycles. The standard InChI is InChI=1S/C16H24N4O2/c17-16(18-8-3-11-20-9-1-2-10-20)19-12-13-4-6-14(7-5-13)15(21)22/h4-7H,1-3,8-12H2,(H,21,22)(H3,17,18,19). The van der Waals surface area contributed by atoms with Gasteiger partial charge in [0.25, 0.3) is 0 Å². The van der Waals surface area contributed by atoms with Crippen molar-refractivity contribution in [1.82, 2.24) is 10.2 Å². The van der Waals surface area contributed by atoms with Crippen molar-refractivity contribution in [1.29, 1.82) is 0 Å². The van der Waals surface area contributed by atoms with E-state index < -0.39 is 5.97 Å². The molecule has 1 aliphatic heterocycles. The highest BCUT2D eigenvalue weighted by atomic mass is 16.4. The number of carbonyl (C=O) groups is 1. The summed E-state index contributed by atoms with van der Waals surface area (Å²) in [6.07, 6.45) is 3.69. The minimum Gasteiger partial charge on any atom is -0.478 e. The third kappa shape index (κ3) is 5.37. The maximum atomic E-state index is 10.8. The van der Waals surface area contributed by atoms with Crippen LogP contribution < -0.4 is 11.1 Å². The van der Waals surface area contributed by atoms with Crippen LogP contribution in [0.3, 0.4) is 0 Å².